The number of alkyl halides is 4. The SMILES string of the molecule is Cc1cc(CN)ccc1-n1cc(-c2nc(N[C@H]3CCN(S(=O)(=O)C4CC4)C[C@H]3F)ncc2C(F)(F)F)cn1. The molecule has 3 N–H and O–H groups in total. The Morgan fingerprint density at radius 1 is 1.18 bits per heavy atom. The predicted molar refractivity (Wildman–Crippen MR) is 133 cm³/mol. The van der Waals surface area contributed by atoms with Gasteiger partial charge in [-0.15, -0.1) is 0 Å². The van der Waals surface area contributed by atoms with Crippen molar-refractivity contribution < 1.29 is 26.0 Å². The first-order valence-electron chi connectivity index (χ1n) is 12.2. The lowest BCUT2D eigenvalue weighted by Crippen LogP contribution is -2.50. The maximum absolute atomic E-state index is 14.9. The maximum atomic E-state index is 14.9. The summed E-state index contributed by atoms with van der Waals surface area (Å²) in [4.78, 5) is 7.87. The molecule has 1 saturated heterocycles. The van der Waals surface area contributed by atoms with Crippen LogP contribution in [0.1, 0.15) is 36.0 Å². The first-order valence-corrected chi connectivity index (χ1v) is 13.7. The predicted octanol–water partition coefficient (Wildman–Crippen LogP) is 3.43. The quantitative estimate of drug-likeness (QED) is 0.431. The highest BCUT2D eigenvalue weighted by Crippen LogP contribution is 2.37. The molecule has 3 aromatic rings. The minimum absolute atomic E-state index is 0.104. The molecular weight excluding hydrogens is 526 g/mol. The second-order valence-electron chi connectivity index (χ2n) is 9.61. The van der Waals surface area contributed by atoms with Gasteiger partial charge in [-0.25, -0.2) is 27.5 Å². The second-order valence-corrected chi connectivity index (χ2v) is 11.8. The number of nitrogens with one attached hydrogen (secondary N) is 1. The smallest absolute Gasteiger partial charge is 0.348 e. The minimum Gasteiger partial charge on any atom is -0.348 e. The van der Waals surface area contributed by atoms with Crippen LogP contribution < -0.4 is 11.1 Å². The summed E-state index contributed by atoms with van der Waals surface area (Å²) < 4.78 is 83.9. The molecule has 0 spiro atoms. The molecule has 1 aliphatic carbocycles. The highest BCUT2D eigenvalue weighted by atomic mass is 32.2. The number of hydrogen-bond donors (Lipinski definition) is 2. The normalized spacial score (nSPS) is 21.0. The minimum atomic E-state index is -4.74. The molecule has 0 unspecified atom stereocenters. The fourth-order valence-electron chi connectivity index (χ4n) is 4.57. The number of aromatic nitrogens is 4. The van der Waals surface area contributed by atoms with Crippen LogP contribution in [0, 0.1) is 6.92 Å². The van der Waals surface area contributed by atoms with Crippen molar-refractivity contribution in [1.82, 2.24) is 24.1 Å². The van der Waals surface area contributed by atoms with Gasteiger partial charge >= 0.3 is 6.18 Å². The third-order valence-corrected chi connectivity index (χ3v) is 9.18. The van der Waals surface area contributed by atoms with E-state index in [1.165, 1.54) is 17.1 Å². The van der Waals surface area contributed by atoms with Crippen LogP contribution in [0.2, 0.25) is 0 Å². The first-order chi connectivity index (χ1) is 18.0. The van der Waals surface area contributed by atoms with Crippen molar-refractivity contribution in [3.63, 3.8) is 0 Å². The highest BCUT2D eigenvalue weighted by Gasteiger charge is 2.44. The summed E-state index contributed by atoms with van der Waals surface area (Å²) in [6.45, 7) is 1.99. The second kappa shape index (κ2) is 9.89. The Balaban J connectivity index is 1.40. The Morgan fingerprint density at radius 3 is 2.58 bits per heavy atom. The molecule has 38 heavy (non-hydrogen) atoms. The summed E-state index contributed by atoms with van der Waals surface area (Å²) in [6, 6.07) is 4.62. The number of nitrogens with two attached hydrogens (primary N) is 1. The number of piperidine rings is 1. The summed E-state index contributed by atoms with van der Waals surface area (Å²) >= 11 is 0. The Bertz CT molecular complexity index is 1440. The fraction of sp³-hybridized carbons (Fsp3) is 0.458. The van der Waals surface area contributed by atoms with Crippen molar-refractivity contribution in [3.8, 4) is 16.9 Å². The lowest BCUT2D eigenvalue weighted by molar-refractivity contribution is -0.137. The summed E-state index contributed by atoms with van der Waals surface area (Å²) in [5.41, 5.74) is 6.74. The molecule has 2 aromatic heterocycles. The lowest BCUT2D eigenvalue weighted by atomic mass is 10.1. The molecule has 1 aromatic carbocycles. The summed E-state index contributed by atoms with van der Waals surface area (Å²) in [5.74, 6) is -0.185. The third-order valence-electron chi connectivity index (χ3n) is 6.82. The Morgan fingerprint density at radius 2 is 1.95 bits per heavy atom. The molecule has 2 fully saturated rings. The van der Waals surface area contributed by atoms with Crippen LogP contribution in [0.5, 0.6) is 0 Å². The van der Waals surface area contributed by atoms with E-state index in [0.717, 1.165) is 15.4 Å². The van der Waals surface area contributed by atoms with Gasteiger partial charge in [-0.1, -0.05) is 12.1 Å². The largest absolute Gasteiger partial charge is 0.419 e. The van der Waals surface area contributed by atoms with E-state index in [1.807, 2.05) is 19.1 Å². The van der Waals surface area contributed by atoms with Crippen LogP contribution in [0.4, 0.5) is 23.5 Å². The van der Waals surface area contributed by atoms with E-state index < -0.39 is 44.9 Å². The third kappa shape index (κ3) is 5.24. The fourth-order valence-corrected chi connectivity index (χ4v) is 6.43. The van der Waals surface area contributed by atoms with Crippen LogP contribution >= 0.6 is 0 Å². The summed E-state index contributed by atoms with van der Waals surface area (Å²) in [5, 5.41) is 6.56. The summed E-state index contributed by atoms with van der Waals surface area (Å²) in [7, 11) is -3.52. The van der Waals surface area contributed by atoms with E-state index in [9.17, 15) is 26.0 Å². The van der Waals surface area contributed by atoms with Crippen LogP contribution in [-0.4, -0.2) is 63.0 Å². The van der Waals surface area contributed by atoms with Gasteiger partial charge in [-0.3, -0.25) is 0 Å². The number of aryl methyl sites for hydroxylation is 1. The first kappa shape index (κ1) is 26.5. The zero-order valence-electron chi connectivity index (χ0n) is 20.5. The molecular formula is C24H27F4N7O2S. The number of benzene rings is 1. The molecule has 1 aliphatic heterocycles. The molecule has 3 heterocycles. The number of hydrogen-bond acceptors (Lipinski definition) is 7. The van der Waals surface area contributed by atoms with Gasteiger partial charge in [0.05, 0.1) is 28.9 Å². The molecule has 2 atom stereocenters. The van der Waals surface area contributed by atoms with Crippen molar-refractivity contribution in [3.05, 3.63) is 53.5 Å². The van der Waals surface area contributed by atoms with Crippen molar-refractivity contribution in [2.45, 2.75) is 56.4 Å². The summed E-state index contributed by atoms with van der Waals surface area (Å²) in [6.07, 6.45) is -1.66. The van der Waals surface area contributed by atoms with E-state index in [-0.39, 0.29) is 31.0 Å². The van der Waals surface area contributed by atoms with Crippen molar-refractivity contribution in [1.29, 1.82) is 0 Å². The molecule has 0 bridgehead atoms. The van der Waals surface area contributed by atoms with Crippen molar-refractivity contribution in [2.75, 3.05) is 18.4 Å². The molecule has 9 nitrogen and oxygen atoms in total. The number of sulfonamides is 1. The molecule has 0 amide bonds. The molecule has 204 valence electrons. The van der Waals surface area contributed by atoms with E-state index in [4.69, 9.17) is 5.73 Å². The van der Waals surface area contributed by atoms with E-state index in [0.29, 0.717) is 31.3 Å². The topological polar surface area (TPSA) is 119 Å². The van der Waals surface area contributed by atoms with Gasteiger partial charge in [0.25, 0.3) is 0 Å². The van der Waals surface area contributed by atoms with Gasteiger partial charge in [0.1, 0.15) is 11.7 Å². The van der Waals surface area contributed by atoms with Gasteiger partial charge in [0.15, 0.2) is 0 Å². The zero-order valence-corrected chi connectivity index (χ0v) is 21.3. The Kier molecular flexibility index (Phi) is 6.90. The van der Waals surface area contributed by atoms with Crippen LogP contribution in [0.25, 0.3) is 16.9 Å². The Labute approximate surface area is 217 Å². The van der Waals surface area contributed by atoms with E-state index >= 15 is 0 Å². The van der Waals surface area contributed by atoms with Gasteiger partial charge in [-0.2, -0.15) is 22.6 Å². The van der Waals surface area contributed by atoms with Gasteiger partial charge in [-0.05, 0) is 43.4 Å². The zero-order chi connectivity index (χ0) is 27.2. The molecule has 5 rings (SSSR count). The molecule has 2 aliphatic rings. The average molecular weight is 554 g/mol. The van der Waals surface area contributed by atoms with Crippen molar-refractivity contribution >= 4 is 16.0 Å². The lowest BCUT2D eigenvalue weighted by Gasteiger charge is -2.34. The standard InChI is InChI=1S/C24H27F4N7O2S/c1-14-8-15(9-29)2-5-21(14)35-12-16(10-31-35)22-18(24(26,27)28)11-30-23(33-22)32-20-6-7-34(13-19(20)25)38(36,37)17-3-4-17/h2,5,8,10-12,17,19-20H,3-4,6-7,9,13,29H2,1H3,(H,30,32,33)/t19-,20+/m1/s1. The van der Waals surface area contributed by atoms with Gasteiger partial charge in [0, 0.05) is 37.6 Å². The molecule has 1 saturated carbocycles. The van der Waals surface area contributed by atoms with Crippen molar-refractivity contribution in [2.24, 2.45) is 5.73 Å². The van der Waals surface area contributed by atoms with E-state index in [2.05, 4.69) is 20.4 Å². The molecule has 0 radical (unpaired) electrons. The van der Waals surface area contributed by atoms with Crippen LogP contribution in [-0.2, 0) is 22.7 Å². The maximum Gasteiger partial charge on any atom is 0.419 e. The van der Waals surface area contributed by atoms with Gasteiger partial charge < -0.3 is 11.1 Å². The number of rotatable bonds is 7. The average Bonchev–Trinajstić information content (AvgIpc) is 3.63. The highest BCUT2D eigenvalue weighted by molar-refractivity contribution is 7.90. The monoisotopic (exact) mass is 553 g/mol. The van der Waals surface area contributed by atoms with Gasteiger partial charge in [0.2, 0.25) is 16.0 Å². The number of nitrogens with zero attached hydrogens (tertiary/aromatic N) is 5. The molecule has 14 heteroatoms. The van der Waals surface area contributed by atoms with E-state index in [1.54, 1.807) is 6.07 Å². The number of halogens is 4. The van der Waals surface area contributed by atoms with Crippen LogP contribution in [0.15, 0.2) is 36.8 Å². The Hall–Kier alpha value is -3.10. The number of anilines is 1. The van der Waals surface area contributed by atoms with Crippen LogP contribution in [0.3, 0.4) is 0 Å².